The van der Waals surface area contributed by atoms with Gasteiger partial charge in [-0.3, -0.25) is 14.4 Å². The molecule has 394 valence electrons. The molecule has 0 aliphatic rings. The zero-order valence-electron chi connectivity index (χ0n) is 39.2. The van der Waals surface area contributed by atoms with E-state index in [0.29, 0.717) is 32.4 Å². The minimum absolute atomic E-state index is 0.0447. The van der Waals surface area contributed by atoms with Gasteiger partial charge in [0.2, 0.25) is 0 Å². The zero-order chi connectivity index (χ0) is 54.7. The fraction of sp³-hybridized carbons (Fsp3) is 0.100. The molecule has 0 unspecified atom stereocenters. The number of aromatic nitrogens is 9. The molecule has 10 rings (SSSR count). The standard InChI is InChI=1S/C21H17IN4O2.C15H9F3IN3O5S.C14H10IN3O3/c22-18-19(24-11-15-7-3-1-4-8-15)17-12-23-14-25-20(17)26(21(18)27)28-13-16-9-5-2-6-10-16;16-15(17,18)28(24,25)27-12-10-6-20-8-21-13(10)22(14(23)11(12)19)26-7-9-4-2-1-3-5-9;15-11-12(19)10-6-16-8-17-13(10)18(14(11)20)21-7-9-4-2-1-3-5-9/h1-10,12,14,24H,11,13H2;1-6,8H,7H2;1-6,8,19H,7H2. The summed E-state index contributed by atoms with van der Waals surface area (Å²) in [5, 5.41) is 14.2. The number of hydrogen-bond donors (Lipinski definition) is 2. The van der Waals surface area contributed by atoms with E-state index in [0.717, 1.165) is 44.1 Å². The molecule has 2 N–H and O–H groups in total. The molecule has 20 nitrogen and oxygen atoms in total. The molecular weight excluding hydrogens is 1370 g/mol. The van der Waals surface area contributed by atoms with Crippen molar-refractivity contribution in [2.45, 2.75) is 31.9 Å². The van der Waals surface area contributed by atoms with Crippen molar-refractivity contribution in [1.29, 1.82) is 0 Å². The lowest BCUT2D eigenvalue weighted by molar-refractivity contribution is -0.0500. The first-order valence-corrected chi connectivity index (χ1v) is 26.8. The van der Waals surface area contributed by atoms with Crippen LogP contribution in [0.15, 0.2) is 173 Å². The number of benzene rings is 4. The summed E-state index contributed by atoms with van der Waals surface area (Å²) in [6.45, 7) is 1.04. The Balaban J connectivity index is 0.000000155. The summed E-state index contributed by atoms with van der Waals surface area (Å²) < 4.78 is 68.4. The lowest BCUT2D eigenvalue weighted by Gasteiger charge is -2.16. The van der Waals surface area contributed by atoms with Gasteiger partial charge in [-0.25, -0.2) is 29.9 Å². The summed E-state index contributed by atoms with van der Waals surface area (Å²) >= 11 is 5.20. The zero-order valence-corrected chi connectivity index (χ0v) is 46.5. The van der Waals surface area contributed by atoms with Crippen LogP contribution in [-0.4, -0.2) is 63.1 Å². The van der Waals surface area contributed by atoms with Gasteiger partial charge in [-0.1, -0.05) is 121 Å². The van der Waals surface area contributed by atoms with Crippen LogP contribution in [0.4, 0.5) is 18.9 Å². The average Bonchev–Trinajstić information content (AvgIpc) is 3.45. The van der Waals surface area contributed by atoms with Crippen LogP contribution in [0.25, 0.3) is 33.1 Å². The number of pyridine rings is 3. The Morgan fingerprint density at radius 2 is 0.883 bits per heavy atom. The molecule has 0 spiro atoms. The van der Waals surface area contributed by atoms with Gasteiger partial charge in [0, 0.05) is 25.1 Å². The molecule has 6 aromatic heterocycles. The van der Waals surface area contributed by atoms with Gasteiger partial charge in [0.1, 0.15) is 55.3 Å². The summed E-state index contributed by atoms with van der Waals surface area (Å²) in [4.78, 5) is 78.4. The summed E-state index contributed by atoms with van der Waals surface area (Å²) in [6.07, 6.45) is 7.91. The normalized spacial score (nSPS) is 11.2. The summed E-state index contributed by atoms with van der Waals surface area (Å²) in [5.41, 5.74) is -2.43. The van der Waals surface area contributed by atoms with E-state index in [-0.39, 0.29) is 51.4 Å². The molecule has 0 saturated heterocycles. The number of nitrogens with zero attached hydrogens (tertiary/aromatic N) is 9. The van der Waals surface area contributed by atoms with Crippen LogP contribution >= 0.6 is 67.8 Å². The van der Waals surface area contributed by atoms with Gasteiger partial charge in [-0.15, -0.1) is 14.2 Å². The van der Waals surface area contributed by atoms with Crippen molar-refractivity contribution in [3.63, 3.8) is 0 Å². The molecule has 77 heavy (non-hydrogen) atoms. The number of aromatic hydroxyl groups is 1. The largest absolute Gasteiger partial charge is 0.534 e. The van der Waals surface area contributed by atoms with Gasteiger partial charge in [0.25, 0.3) is 0 Å². The van der Waals surface area contributed by atoms with Crippen molar-refractivity contribution in [3.8, 4) is 11.5 Å². The van der Waals surface area contributed by atoms with E-state index < -0.39 is 36.1 Å². The highest BCUT2D eigenvalue weighted by molar-refractivity contribution is 14.1. The van der Waals surface area contributed by atoms with Crippen LogP contribution in [0.1, 0.15) is 22.3 Å². The molecule has 0 amide bonds. The van der Waals surface area contributed by atoms with Gasteiger partial charge in [-0.05, 0) is 90.0 Å². The number of alkyl halides is 3. The Labute approximate surface area is 474 Å². The second kappa shape index (κ2) is 25.1. The number of rotatable bonds is 14. The minimum Gasteiger partial charge on any atom is -0.506 e. The third kappa shape index (κ3) is 13.2. The SMILES string of the molecule is O=c1c(I)c(NCc2ccccc2)c2cncnc2n1OCc1ccccc1.O=c1c(I)c(O)c2cncnc2n1OCc1ccccc1.O=c1c(I)c(OS(=O)(=O)C(F)(F)F)c2cncnc2n1OCc1ccccc1. The predicted octanol–water partition coefficient (Wildman–Crippen LogP) is 7.62. The Bertz CT molecular complexity index is 4010. The molecule has 0 fully saturated rings. The Kier molecular flexibility index (Phi) is 18.2. The van der Waals surface area contributed by atoms with Crippen LogP contribution in [0.2, 0.25) is 0 Å². The monoisotopic (exact) mass is 1410 g/mol. The van der Waals surface area contributed by atoms with Crippen LogP contribution in [0, 0.1) is 10.7 Å². The number of hydrogen-bond acceptors (Lipinski definition) is 17. The van der Waals surface area contributed by atoms with Crippen LogP contribution in [-0.2, 0) is 36.5 Å². The van der Waals surface area contributed by atoms with Crippen molar-refractivity contribution in [1.82, 2.24) is 44.1 Å². The van der Waals surface area contributed by atoms with Crippen LogP contribution in [0.5, 0.6) is 11.5 Å². The Morgan fingerprint density at radius 3 is 1.32 bits per heavy atom. The van der Waals surface area contributed by atoms with Crippen molar-refractivity contribution < 1.29 is 45.4 Å². The molecule has 0 saturated carbocycles. The Morgan fingerprint density at radius 1 is 0.519 bits per heavy atom. The van der Waals surface area contributed by atoms with Crippen molar-refractivity contribution in [2.75, 3.05) is 5.32 Å². The van der Waals surface area contributed by atoms with Crippen LogP contribution < -0.4 is 40.7 Å². The molecule has 27 heteroatoms. The lowest BCUT2D eigenvalue weighted by Crippen LogP contribution is -2.33. The molecule has 0 aliphatic heterocycles. The summed E-state index contributed by atoms with van der Waals surface area (Å²) in [6, 6.07) is 38.0. The quantitative estimate of drug-likeness (QED) is 0.0604. The smallest absolute Gasteiger partial charge is 0.506 e. The highest BCUT2D eigenvalue weighted by Gasteiger charge is 2.49. The van der Waals surface area contributed by atoms with Gasteiger partial charge in [0.05, 0.1) is 21.8 Å². The van der Waals surface area contributed by atoms with E-state index in [1.807, 2.05) is 114 Å². The van der Waals surface area contributed by atoms with E-state index in [1.54, 1.807) is 59.1 Å². The lowest BCUT2D eigenvalue weighted by atomic mass is 10.2. The van der Waals surface area contributed by atoms with Crippen LogP contribution in [0.3, 0.4) is 0 Å². The number of fused-ring (bicyclic) bond motifs is 3. The first-order chi connectivity index (χ1) is 37.0. The maximum atomic E-state index is 13.0. The van der Waals surface area contributed by atoms with E-state index in [4.69, 9.17) is 14.5 Å². The first-order valence-electron chi connectivity index (χ1n) is 22.2. The first kappa shape index (κ1) is 55.7. The van der Waals surface area contributed by atoms with Crippen molar-refractivity contribution in [2.24, 2.45) is 0 Å². The maximum Gasteiger partial charge on any atom is 0.534 e. The van der Waals surface area contributed by atoms with E-state index >= 15 is 0 Å². The molecular formula is C50H36F3I3N10O10S. The molecule has 0 bridgehead atoms. The highest BCUT2D eigenvalue weighted by atomic mass is 127. The van der Waals surface area contributed by atoms with E-state index in [1.165, 1.54) is 46.2 Å². The Hall–Kier alpha value is -7.52. The fourth-order valence-corrected chi connectivity index (χ4v) is 9.34. The average molecular weight is 1410 g/mol. The second-order valence-electron chi connectivity index (χ2n) is 15.7. The second-order valence-corrected chi connectivity index (χ2v) is 20.4. The fourth-order valence-electron chi connectivity index (χ4n) is 6.87. The molecule has 4 aromatic carbocycles. The number of anilines is 1. The van der Waals surface area contributed by atoms with Crippen molar-refractivity contribution >= 4 is 117 Å². The van der Waals surface area contributed by atoms with Gasteiger partial charge < -0.3 is 29.1 Å². The summed E-state index contributed by atoms with van der Waals surface area (Å²) in [7, 11) is -6.00. The number of nitrogens with one attached hydrogen (secondary N) is 1. The summed E-state index contributed by atoms with van der Waals surface area (Å²) in [5.74, 6) is -0.950. The maximum absolute atomic E-state index is 13.0. The van der Waals surface area contributed by atoms with Gasteiger partial charge in [0.15, 0.2) is 22.7 Å². The topological polar surface area (TPSA) is 247 Å². The van der Waals surface area contributed by atoms with Gasteiger partial charge in [-0.2, -0.15) is 21.6 Å². The highest BCUT2D eigenvalue weighted by Crippen LogP contribution is 2.33. The molecule has 10 aromatic rings. The predicted molar refractivity (Wildman–Crippen MR) is 301 cm³/mol. The number of halogens is 6. The van der Waals surface area contributed by atoms with Crippen molar-refractivity contribution in [3.05, 3.63) is 223 Å². The molecule has 0 aliphatic carbocycles. The minimum atomic E-state index is -6.00. The third-order valence-electron chi connectivity index (χ3n) is 10.6. The molecule has 0 atom stereocenters. The molecule has 0 radical (unpaired) electrons. The van der Waals surface area contributed by atoms with E-state index in [2.05, 4.69) is 39.4 Å². The third-order valence-corrected chi connectivity index (χ3v) is 14.4. The molecule has 6 heterocycles. The van der Waals surface area contributed by atoms with Gasteiger partial charge >= 0.3 is 32.3 Å². The van der Waals surface area contributed by atoms with E-state index in [9.17, 15) is 41.1 Å².